The van der Waals surface area contributed by atoms with Gasteiger partial charge < -0.3 is 9.47 Å². The summed E-state index contributed by atoms with van der Waals surface area (Å²) in [5, 5.41) is 0. The Morgan fingerprint density at radius 3 is 2.15 bits per heavy atom. The number of carbonyl (C=O) groups is 2. The molecule has 4 nitrogen and oxygen atoms in total. The van der Waals surface area contributed by atoms with Crippen LogP contribution in [0.5, 0.6) is 0 Å². The smallest absolute Gasteiger partial charge is 0.186 e. The average molecular weight is 282 g/mol. The van der Waals surface area contributed by atoms with Crippen molar-refractivity contribution in [2.45, 2.75) is 64.6 Å². The van der Waals surface area contributed by atoms with Gasteiger partial charge in [-0.05, 0) is 12.8 Å². The lowest BCUT2D eigenvalue weighted by Gasteiger charge is -2.15. The fraction of sp³-hybridized carbons (Fsp3) is 0.750. The van der Waals surface area contributed by atoms with Gasteiger partial charge in [-0.15, -0.1) is 0 Å². The number of hydrogen-bond acceptors (Lipinski definition) is 4. The Bertz CT molecular complexity index is 367. The molecule has 1 aliphatic rings. The van der Waals surface area contributed by atoms with E-state index in [1.54, 1.807) is 0 Å². The fourth-order valence-electron chi connectivity index (χ4n) is 2.63. The molecule has 20 heavy (non-hydrogen) atoms. The van der Waals surface area contributed by atoms with Crippen LogP contribution in [0.1, 0.15) is 58.3 Å². The normalized spacial score (nSPS) is 15.8. The van der Waals surface area contributed by atoms with Gasteiger partial charge in [0.25, 0.3) is 0 Å². The summed E-state index contributed by atoms with van der Waals surface area (Å²) >= 11 is 0. The van der Waals surface area contributed by atoms with Crippen LogP contribution in [0.3, 0.4) is 0 Å². The van der Waals surface area contributed by atoms with Gasteiger partial charge in [0, 0.05) is 19.8 Å². The number of unbranched alkanes of at least 4 members (excludes halogenated alkanes) is 5. The second kappa shape index (κ2) is 9.03. The van der Waals surface area contributed by atoms with Gasteiger partial charge in [-0.2, -0.15) is 0 Å². The maximum absolute atomic E-state index is 11.9. The van der Waals surface area contributed by atoms with Crippen molar-refractivity contribution in [1.29, 1.82) is 0 Å². The van der Waals surface area contributed by atoms with Crippen molar-refractivity contribution in [3.8, 4) is 0 Å². The summed E-state index contributed by atoms with van der Waals surface area (Å²) in [5.41, 5.74) is 1.06. The molecule has 0 saturated carbocycles. The van der Waals surface area contributed by atoms with Gasteiger partial charge in [0.2, 0.25) is 0 Å². The molecule has 0 bridgehead atoms. The molecule has 0 saturated heterocycles. The Morgan fingerprint density at radius 2 is 1.55 bits per heavy atom. The van der Waals surface area contributed by atoms with E-state index >= 15 is 0 Å². The standard InChI is InChI=1S/C16H26O4/c1-4-5-6-7-8-9-10-12-13(17)11-14(18)15(12)16(19-2)20-3/h16H,4-11H2,1-3H3. The first kappa shape index (κ1) is 17.1. The Morgan fingerprint density at radius 1 is 0.950 bits per heavy atom. The number of hydrogen-bond donors (Lipinski definition) is 0. The maximum Gasteiger partial charge on any atom is 0.186 e. The molecule has 0 aromatic heterocycles. The van der Waals surface area contributed by atoms with Crippen molar-refractivity contribution in [2.75, 3.05) is 14.2 Å². The molecule has 4 heteroatoms. The van der Waals surface area contributed by atoms with Crippen LogP contribution >= 0.6 is 0 Å². The third-order valence-corrected chi connectivity index (χ3v) is 3.73. The zero-order valence-electron chi connectivity index (χ0n) is 12.9. The van der Waals surface area contributed by atoms with Gasteiger partial charge in [0.15, 0.2) is 17.9 Å². The number of allylic oxidation sites excluding steroid dienone is 1. The van der Waals surface area contributed by atoms with Gasteiger partial charge in [0.1, 0.15) is 0 Å². The Kier molecular flexibility index (Phi) is 7.70. The molecule has 0 atom stereocenters. The Labute approximate surface area is 121 Å². The number of ketones is 2. The van der Waals surface area contributed by atoms with Gasteiger partial charge >= 0.3 is 0 Å². The molecule has 0 amide bonds. The zero-order chi connectivity index (χ0) is 15.0. The molecule has 0 unspecified atom stereocenters. The molecule has 0 spiro atoms. The van der Waals surface area contributed by atoms with Gasteiger partial charge in [-0.1, -0.05) is 39.0 Å². The number of ether oxygens (including phenoxy) is 2. The molecule has 0 N–H and O–H groups in total. The van der Waals surface area contributed by atoms with E-state index in [4.69, 9.17) is 9.47 Å². The second-order valence-electron chi connectivity index (χ2n) is 5.24. The van der Waals surface area contributed by atoms with Crippen molar-refractivity contribution in [3.63, 3.8) is 0 Å². The summed E-state index contributed by atoms with van der Waals surface area (Å²) < 4.78 is 10.3. The number of methoxy groups -OCH3 is 2. The lowest BCUT2D eigenvalue weighted by Crippen LogP contribution is -2.20. The van der Waals surface area contributed by atoms with Crippen LogP contribution in [-0.2, 0) is 19.1 Å². The van der Waals surface area contributed by atoms with E-state index < -0.39 is 6.29 Å². The van der Waals surface area contributed by atoms with Crippen LogP contribution in [0.15, 0.2) is 11.1 Å². The van der Waals surface area contributed by atoms with Gasteiger partial charge in [-0.25, -0.2) is 0 Å². The Balaban J connectivity index is 2.57. The summed E-state index contributed by atoms with van der Waals surface area (Å²) in [4.78, 5) is 23.8. The summed E-state index contributed by atoms with van der Waals surface area (Å²) in [6.07, 6.45) is 6.91. The van der Waals surface area contributed by atoms with Crippen LogP contribution in [0.25, 0.3) is 0 Å². The van der Waals surface area contributed by atoms with E-state index in [1.807, 2.05) is 0 Å². The fourth-order valence-corrected chi connectivity index (χ4v) is 2.63. The molecule has 0 aliphatic heterocycles. The predicted octanol–water partition coefficient (Wildman–Crippen LogP) is 3.19. The molecule has 0 aromatic rings. The highest BCUT2D eigenvalue weighted by Crippen LogP contribution is 2.28. The van der Waals surface area contributed by atoms with Crippen LogP contribution in [0, 0.1) is 0 Å². The molecule has 0 fully saturated rings. The molecular formula is C16H26O4. The summed E-state index contributed by atoms with van der Waals surface area (Å²) in [7, 11) is 2.97. The minimum absolute atomic E-state index is 0.0241. The van der Waals surface area contributed by atoms with Crippen molar-refractivity contribution < 1.29 is 19.1 Å². The van der Waals surface area contributed by atoms with Crippen LogP contribution in [-0.4, -0.2) is 32.1 Å². The van der Waals surface area contributed by atoms with E-state index in [1.165, 1.54) is 39.9 Å². The quantitative estimate of drug-likeness (QED) is 0.351. The van der Waals surface area contributed by atoms with Crippen LogP contribution in [0.4, 0.5) is 0 Å². The second-order valence-corrected chi connectivity index (χ2v) is 5.24. The molecule has 114 valence electrons. The summed E-state index contributed by atoms with van der Waals surface area (Å²) in [6.45, 7) is 2.19. The molecule has 0 aromatic carbocycles. The SMILES string of the molecule is CCCCCCCCC1=C(C(OC)OC)C(=O)CC1=O. The predicted molar refractivity (Wildman–Crippen MR) is 77.5 cm³/mol. The molecule has 0 heterocycles. The Hall–Kier alpha value is -1.00. The maximum atomic E-state index is 11.9. The minimum Gasteiger partial charge on any atom is -0.352 e. The monoisotopic (exact) mass is 282 g/mol. The van der Waals surface area contributed by atoms with E-state index in [0.717, 1.165) is 12.8 Å². The van der Waals surface area contributed by atoms with Gasteiger partial charge in [0.05, 0.1) is 12.0 Å². The van der Waals surface area contributed by atoms with Crippen LogP contribution in [0.2, 0.25) is 0 Å². The highest BCUT2D eigenvalue weighted by Gasteiger charge is 2.34. The zero-order valence-corrected chi connectivity index (χ0v) is 12.9. The van der Waals surface area contributed by atoms with Crippen LogP contribution < -0.4 is 0 Å². The van der Waals surface area contributed by atoms with E-state index in [0.29, 0.717) is 17.6 Å². The lowest BCUT2D eigenvalue weighted by atomic mass is 10.0. The topological polar surface area (TPSA) is 52.6 Å². The number of Topliss-reactive ketones (excluding diaryl/α,β-unsaturated/α-hetero) is 2. The van der Waals surface area contributed by atoms with Crippen molar-refractivity contribution >= 4 is 11.6 Å². The minimum atomic E-state index is -0.705. The molecule has 0 radical (unpaired) electrons. The summed E-state index contributed by atoms with van der Waals surface area (Å²) in [6, 6.07) is 0. The van der Waals surface area contributed by atoms with E-state index in [9.17, 15) is 9.59 Å². The largest absolute Gasteiger partial charge is 0.352 e. The van der Waals surface area contributed by atoms with Crippen molar-refractivity contribution in [3.05, 3.63) is 11.1 Å². The van der Waals surface area contributed by atoms with Crippen molar-refractivity contribution in [1.82, 2.24) is 0 Å². The first-order valence-corrected chi connectivity index (χ1v) is 7.50. The third-order valence-electron chi connectivity index (χ3n) is 3.73. The average Bonchev–Trinajstić information content (AvgIpc) is 2.71. The number of carbonyl (C=O) groups excluding carboxylic acids is 2. The van der Waals surface area contributed by atoms with Crippen molar-refractivity contribution in [2.24, 2.45) is 0 Å². The van der Waals surface area contributed by atoms with E-state index in [-0.39, 0.29) is 18.0 Å². The molecule has 1 aliphatic carbocycles. The van der Waals surface area contributed by atoms with Gasteiger partial charge in [-0.3, -0.25) is 9.59 Å². The summed E-state index contributed by atoms with van der Waals surface area (Å²) in [5.74, 6) is -0.206. The first-order valence-electron chi connectivity index (χ1n) is 7.50. The van der Waals surface area contributed by atoms with E-state index in [2.05, 4.69) is 6.92 Å². The molecule has 1 rings (SSSR count). The highest BCUT2D eigenvalue weighted by atomic mass is 16.7. The lowest BCUT2D eigenvalue weighted by molar-refractivity contribution is -0.124. The third kappa shape index (κ3) is 4.53. The molecular weight excluding hydrogens is 256 g/mol. The number of rotatable bonds is 10. The highest BCUT2D eigenvalue weighted by molar-refractivity contribution is 6.22. The first-order chi connectivity index (χ1) is 9.65.